The number of amides is 1. The Kier molecular flexibility index (Phi) is 8.27. The zero-order chi connectivity index (χ0) is 21.6. The van der Waals surface area contributed by atoms with Gasteiger partial charge in [0.15, 0.2) is 0 Å². The summed E-state index contributed by atoms with van der Waals surface area (Å²) in [5.74, 6) is 0.478. The Bertz CT molecular complexity index is 781. The monoisotopic (exact) mass is 436 g/mol. The van der Waals surface area contributed by atoms with Crippen LogP contribution in [0.25, 0.3) is 0 Å². The van der Waals surface area contributed by atoms with Crippen molar-refractivity contribution in [3.05, 3.63) is 35.4 Å². The van der Waals surface area contributed by atoms with Gasteiger partial charge in [0, 0.05) is 57.9 Å². The van der Waals surface area contributed by atoms with Crippen LogP contribution in [-0.4, -0.2) is 93.6 Å². The van der Waals surface area contributed by atoms with E-state index in [1.54, 1.807) is 4.31 Å². The van der Waals surface area contributed by atoms with E-state index in [4.69, 9.17) is 0 Å². The smallest absolute Gasteiger partial charge is 0.251 e. The van der Waals surface area contributed by atoms with Gasteiger partial charge in [-0.25, -0.2) is 12.7 Å². The molecule has 0 spiro atoms. The number of benzene rings is 1. The fraction of sp³-hybridized carbons (Fsp3) is 0.682. The van der Waals surface area contributed by atoms with Crippen LogP contribution < -0.4 is 5.32 Å². The molecule has 0 atom stereocenters. The molecule has 0 radical (unpaired) electrons. The van der Waals surface area contributed by atoms with E-state index in [0.29, 0.717) is 31.1 Å². The molecular weight excluding hydrogens is 400 g/mol. The van der Waals surface area contributed by atoms with Gasteiger partial charge < -0.3 is 10.2 Å². The number of rotatable bonds is 8. The molecule has 2 heterocycles. The lowest BCUT2D eigenvalue weighted by molar-refractivity contribution is 0.0938. The third-order valence-electron chi connectivity index (χ3n) is 6.41. The van der Waals surface area contributed by atoms with Gasteiger partial charge in [0.2, 0.25) is 10.0 Å². The molecule has 0 saturated carbocycles. The number of piperidine rings is 1. The quantitative estimate of drug-likeness (QED) is 0.664. The summed E-state index contributed by atoms with van der Waals surface area (Å²) < 4.78 is 24.8. The summed E-state index contributed by atoms with van der Waals surface area (Å²) in [6.45, 7) is 10.5. The van der Waals surface area contributed by atoms with Crippen LogP contribution in [0.2, 0.25) is 0 Å². The Morgan fingerprint density at radius 1 is 1.00 bits per heavy atom. The van der Waals surface area contributed by atoms with Gasteiger partial charge in [-0.2, -0.15) is 0 Å². The average molecular weight is 437 g/mol. The van der Waals surface area contributed by atoms with Crippen molar-refractivity contribution in [2.75, 3.05) is 65.2 Å². The number of nitrogens with one attached hydrogen (secondary N) is 1. The molecule has 3 rings (SSSR count). The highest BCUT2D eigenvalue weighted by molar-refractivity contribution is 7.88. The Morgan fingerprint density at radius 3 is 2.17 bits per heavy atom. The van der Waals surface area contributed by atoms with Crippen molar-refractivity contribution in [3.8, 4) is 0 Å². The molecule has 1 aromatic rings. The van der Waals surface area contributed by atoms with Crippen molar-refractivity contribution >= 4 is 15.9 Å². The van der Waals surface area contributed by atoms with Gasteiger partial charge >= 0.3 is 0 Å². The maximum Gasteiger partial charge on any atom is 0.251 e. The maximum atomic E-state index is 12.4. The van der Waals surface area contributed by atoms with Crippen LogP contribution in [0.15, 0.2) is 24.3 Å². The highest BCUT2D eigenvalue weighted by atomic mass is 32.2. The largest absolute Gasteiger partial charge is 0.351 e. The molecule has 30 heavy (non-hydrogen) atoms. The molecule has 1 N–H and O–H groups in total. The second-order valence-electron chi connectivity index (χ2n) is 8.54. The molecule has 2 aliphatic heterocycles. The van der Waals surface area contributed by atoms with E-state index < -0.39 is 10.0 Å². The lowest BCUT2D eigenvalue weighted by atomic mass is 9.91. The zero-order valence-corrected chi connectivity index (χ0v) is 19.2. The minimum atomic E-state index is -3.07. The Labute approximate surface area is 181 Å². The predicted octanol–water partition coefficient (Wildman–Crippen LogP) is 1.27. The standard InChI is InChI=1S/C22H36N4O3S/c1-3-24-14-16-25(17-15-24)13-10-23-22(27)21-6-4-19(5-7-21)18-20-8-11-26(12-9-20)30(2,28)29/h4-7,20H,3,8-18H2,1-2H3,(H,23,27). The van der Waals surface area contributed by atoms with Crippen molar-refractivity contribution < 1.29 is 13.2 Å². The summed E-state index contributed by atoms with van der Waals surface area (Å²) in [4.78, 5) is 17.3. The van der Waals surface area contributed by atoms with Crippen molar-refractivity contribution in [1.82, 2.24) is 19.4 Å². The molecule has 0 aromatic heterocycles. The van der Waals surface area contributed by atoms with Crippen molar-refractivity contribution in [3.63, 3.8) is 0 Å². The summed E-state index contributed by atoms with van der Waals surface area (Å²) in [5, 5.41) is 3.03. The van der Waals surface area contributed by atoms with Crippen molar-refractivity contribution in [1.29, 1.82) is 0 Å². The van der Waals surface area contributed by atoms with Gasteiger partial charge in [-0.1, -0.05) is 19.1 Å². The third-order valence-corrected chi connectivity index (χ3v) is 7.71. The predicted molar refractivity (Wildman–Crippen MR) is 120 cm³/mol. The number of likely N-dealkylation sites (N-methyl/N-ethyl adjacent to an activating group) is 1. The topological polar surface area (TPSA) is 73.0 Å². The van der Waals surface area contributed by atoms with E-state index in [1.165, 1.54) is 11.8 Å². The van der Waals surface area contributed by atoms with E-state index in [9.17, 15) is 13.2 Å². The highest BCUT2D eigenvalue weighted by Crippen LogP contribution is 2.23. The molecule has 8 heteroatoms. The molecule has 0 aliphatic carbocycles. The average Bonchev–Trinajstić information content (AvgIpc) is 2.74. The van der Waals surface area contributed by atoms with Crippen LogP contribution in [-0.2, 0) is 16.4 Å². The molecule has 1 aromatic carbocycles. The zero-order valence-electron chi connectivity index (χ0n) is 18.3. The van der Waals surface area contributed by atoms with Gasteiger partial charge in [-0.05, 0) is 49.4 Å². The number of hydrogen-bond donors (Lipinski definition) is 1. The van der Waals surface area contributed by atoms with E-state index in [1.807, 2.05) is 24.3 Å². The fourth-order valence-corrected chi connectivity index (χ4v) is 5.20. The van der Waals surface area contributed by atoms with Crippen LogP contribution >= 0.6 is 0 Å². The van der Waals surface area contributed by atoms with Crippen LogP contribution in [0.5, 0.6) is 0 Å². The third kappa shape index (κ3) is 6.77. The fourth-order valence-electron chi connectivity index (χ4n) is 4.33. The number of piperazine rings is 1. The second-order valence-corrected chi connectivity index (χ2v) is 10.5. The highest BCUT2D eigenvalue weighted by Gasteiger charge is 2.25. The Hall–Kier alpha value is -1.48. The van der Waals surface area contributed by atoms with E-state index in [0.717, 1.165) is 58.5 Å². The number of hydrogen-bond acceptors (Lipinski definition) is 5. The van der Waals surface area contributed by atoms with E-state index in [-0.39, 0.29) is 5.91 Å². The number of sulfonamides is 1. The molecule has 0 unspecified atom stereocenters. The van der Waals surface area contributed by atoms with E-state index in [2.05, 4.69) is 22.0 Å². The summed E-state index contributed by atoms with van der Waals surface area (Å²) >= 11 is 0. The molecular formula is C22H36N4O3S. The van der Waals surface area contributed by atoms with E-state index >= 15 is 0 Å². The minimum Gasteiger partial charge on any atom is -0.351 e. The van der Waals surface area contributed by atoms with Gasteiger partial charge in [0.1, 0.15) is 0 Å². The molecule has 2 fully saturated rings. The van der Waals surface area contributed by atoms with Crippen LogP contribution in [0.1, 0.15) is 35.7 Å². The normalized spacial score (nSPS) is 20.3. The number of carbonyl (C=O) groups excluding carboxylic acids is 1. The number of carbonyl (C=O) groups is 1. The second kappa shape index (κ2) is 10.7. The lowest BCUT2D eigenvalue weighted by Crippen LogP contribution is -2.48. The van der Waals surface area contributed by atoms with Gasteiger partial charge in [0.05, 0.1) is 6.26 Å². The first-order valence-corrected chi connectivity index (χ1v) is 13.0. The molecule has 2 aliphatic rings. The summed E-state index contributed by atoms with van der Waals surface area (Å²) in [5.41, 5.74) is 1.90. The van der Waals surface area contributed by atoms with Crippen molar-refractivity contribution in [2.45, 2.75) is 26.2 Å². The first-order chi connectivity index (χ1) is 14.3. The van der Waals surface area contributed by atoms with Gasteiger partial charge in [-0.15, -0.1) is 0 Å². The Balaban J connectivity index is 1.38. The molecule has 168 valence electrons. The first-order valence-electron chi connectivity index (χ1n) is 11.1. The van der Waals surface area contributed by atoms with Gasteiger partial charge in [0.25, 0.3) is 5.91 Å². The SMILES string of the molecule is CCN1CCN(CCNC(=O)c2ccc(CC3CCN(S(C)(=O)=O)CC3)cc2)CC1. The minimum absolute atomic E-state index is 0.0183. The summed E-state index contributed by atoms with van der Waals surface area (Å²) in [6.07, 6.45) is 4.00. The van der Waals surface area contributed by atoms with Crippen molar-refractivity contribution in [2.24, 2.45) is 5.92 Å². The molecule has 1 amide bonds. The maximum absolute atomic E-state index is 12.4. The van der Waals surface area contributed by atoms with Gasteiger partial charge in [-0.3, -0.25) is 9.69 Å². The molecule has 2 saturated heterocycles. The number of nitrogens with zero attached hydrogens (tertiary/aromatic N) is 3. The van der Waals surface area contributed by atoms with Crippen LogP contribution in [0.3, 0.4) is 0 Å². The summed E-state index contributed by atoms with van der Waals surface area (Å²) in [6, 6.07) is 7.86. The Morgan fingerprint density at radius 2 is 1.60 bits per heavy atom. The first kappa shape index (κ1) is 23.2. The summed E-state index contributed by atoms with van der Waals surface area (Å²) in [7, 11) is -3.07. The molecule has 7 nitrogen and oxygen atoms in total. The lowest BCUT2D eigenvalue weighted by Gasteiger charge is -2.33. The van der Waals surface area contributed by atoms with Crippen LogP contribution in [0.4, 0.5) is 0 Å². The molecule has 0 bridgehead atoms. The van der Waals surface area contributed by atoms with Crippen LogP contribution in [0, 0.1) is 5.92 Å².